The van der Waals surface area contributed by atoms with Crippen LogP contribution >= 0.6 is 11.6 Å². The van der Waals surface area contributed by atoms with Gasteiger partial charge >= 0.3 is 0 Å². The molecule has 0 spiro atoms. The number of amides is 1. The van der Waals surface area contributed by atoms with Crippen molar-refractivity contribution in [1.82, 2.24) is 4.98 Å². The molecule has 1 aromatic rings. The third kappa shape index (κ3) is 1.95. The molecule has 0 radical (unpaired) electrons. The highest BCUT2D eigenvalue weighted by molar-refractivity contribution is 6.30. The molecule has 3 nitrogen and oxygen atoms in total. The Kier molecular flexibility index (Phi) is 2.95. The van der Waals surface area contributed by atoms with Crippen LogP contribution in [0.5, 0.6) is 0 Å². The predicted octanol–water partition coefficient (Wildman–Crippen LogP) is 1.91. The number of hydrogen-bond donors (Lipinski definition) is 1. The Labute approximate surface area is 81.7 Å². The average molecular weight is 225 g/mol. The van der Waals surface area contributed by atoms with Crippen molar-refractivity contribution in [3.8, 4) is 0 Å². The molecule has 7 heteroatoms. The number of hydrogen-bond acceptors (Lipinski definition) is 2. The van der Waals surface area contributed by atoms with Crippen LogP contribution < -0.4 is 5.73 Å². The summed E-state index contributed by atoms with van der Waals surface area (Å²) in [5, 5.41) is -0.756. The summed E-state index contributed by atoms with van der Waals surface area (Å²) in [6.45, 7) is 0. The summed E-state index contributed by atoms with van der Waals surface area (Å²) in [5.74, 6) is -2.33. The third-order valence-electron chi connectivity index (χ3n) is 1.43. The lowest BCUT2D eigenvalue weighted by molar-refractivity contribution is 0.0993. The molecule has 76 valence electrons. The zero-order valence-corrected chi connectivity index (χ0v) is 7.36. The van der Waals surface area contributed by atoms with Crippen LogP contribution in [0.15, 0.2) is 6.07 Å². The van der Waals surface area contributed by atoms with Gasteiger partial charge in [0.1, 0.15) is 16.7 Å². The van der Waals surface area contributed by atoms with Crippen LogP contribution in [0.1, 0.15) is 22.5 Å². The van der Waals surface area contributed by atoms with Gasteiger partial charge in [-0.2, -0.15) is 0 Å². The summed E-state index contributed by atoms with van der Waals surface area (Å²) < 4.78 is 37.2. The molecule has 1 heterocycles. The van der Waals surface area contributed by atoms with E-state index >= 15 is 0 Å². The Morgan fingerprint density at radius 3 is 2.50 bits per heavy atom. The Morgan fingerprint density at radius 2 is 2.14 bits per heavy atom. The van der Waals surface area contributed by atoms with E-state index in [0.29, 0.717) is 6.07 Å². The monoisotopic (exact) mass is 224 g/mol. The van der Waals surface area contributed by atoms with Crippen molar-refractivity contribution in [3.05, 3.63) is 28.3 Å². The van der Waals surface area contributed by atoms with E-state index in [9.17, 15) is 18.0 Å². The van der Waals surface area contributed by atoms with E-state index in [1.54, 1.807) is 0 Å². The Bertz CT molecular complexity index is 360. The number of carbonyl (C=O) groups excluding carboxylic acids is 1. The lowest BCUT2D eigenvalue weighted by atomic mass is 10.2. The number of pyridine rings is 1. The highest BCUT2D eigenvalue weighted by atomic mass is 35.5. The number of nitrogens with zero attached hydrogens (tertiary/aromatic N) is 1. The number of halogens is 4. The second kappa shape index (κ2) is 3.83. The fourth-order valence-electron chi connectivity index (χ4n) is 0.815. The number of carbonyl (C=O) groups is 1. The second-order valence-corrected chi connectivity index (χ2v) is 2.72. The van der Waals surface area contributed by atoms with Gasteiger partial charge in [-0.05, 0) is 0 Å². The number of alkyl halides is 2. The van der Waals surface area contributed by atoms with Gasteiger partial charge in [-0.25, -0.2) is 18.2 Å². The fraction of sp³-hybridized carbons (Fsp3) is 0.143. The van der Waals surface area contributed by atoms with Crippen molar-refractivity contribution < 1.29 is 18.0 Å². The van der Waals surface area contributed by atoms with Gasteiger partial charge in [0.05, 0.1) is 5.56 Å². The largest absolute Gasteiger partial charge is 0.364 e. The van der Waals surface area contributed by atoms with Gasteiger partial charge in [0, 0.05) is 6.07 Å². The minimum absolute atomic E-state index is 0.489. The molecule has 0 saturated carbocycles. The minimum Gasteiger partial charge on any atom is -0.364 e. The molecule has 1 amide bonds. The molecule has 0 aliphatic heterocycles. The fourth-order valence-corrected chi connectivity index (χ4v) is 1.08. The first-order valence-electron chi connectivity index (χ1n) is 3.37. The molecule has 0 saturated heterocycles. The molecule has 14 heavy (non-hydrogen) atoms. The molecular formula is C7H4ClF3N2O. The highest BCUT2D eigenvalue weighted by Crippen LogP contribution is 2.28. The Hall–Kier alpha value is -1.30. The van der Waals surface area contributed by atoms with E-state index in [4.69, 9.17) is 17.3 Å². The summed E-state index contributed by atoms with van der Waals surface area (Å²) >= 11 is 5.23. The van der Waals surface area contributed by atoms with Crippen molar-refractivity contribution in [2.24, 2.45) is 5.73 Å². The second-order valence-electron chi connectivity index (χ2n) is 2.36. The van der Waals surface area contributed by atoms with Crippen LogP contribution in [-0.4, -0.2) is 10.9 Å². The van der Waals surface area contributed by atoms with Gasteiger partial charge in [-0.3, -0.25) is 4.79 Å². The Morgan fingerprint density at radius 1 is 1.57 bits per heavy atom. The van der Waals surface area contributed by atoms with Crippen LogP contribution in [0.4, 0.5) is 13.2 Å². The average Bonchev–Trinajstić information content (AvgIpc) is 2.01. The highest BCUT2D eigenvalue weighted by Gasteiger charge is 2.21. The molecule has 2 N–H and O–H groups in total. The molecule has 1 rings (SSSR count). The quantitative estimate of drug-likeness (QED) is 0.780. The van der Waals surface area contributed by atoms with Crippen molar-refractivity contribution in [2.45, 2.75) is 6.43 Å². The standard InChI is InChI=1S/C7H4ClF3N2O/c8-5-4(6(10)11)2(9)1-3(13-5)7(12)14/h1,6H,(H2,12,14). The Balaban J connectivity index is 3.32. The van der Waals surface area contributed by atoms with Crippen molar-refractivity contribution in [1.29, 1.82) is 0 Å². The number of rotatable bonds is 2. The van der Waals surface area contributed by atoms with Gasteiger partial charge in [-0.15, -0.1) is 0 Å². The van der Waals surface area contributed by atoms with Gasteiger partial charge < -0.3 is 5.73 Å². The molecule has 0 unspecified atom stereocenters. The number of aromatic nitrogens is 1. The minimum atomic E-state index is -3.09. The van der Waals surface area contributed by atoms with E-state index in [-0.39, 0.29) is 0 Å². The first kappa shape index (κ1) is 10.8. The van der Waals surface area contributed by atoms with Crippen LogP contribution in [0, 0.1) is 5.82 Å². The maximum absolute atomic E-state index is 12.9. The van der Waals surface area contributed by atoms with Gasteiger partial charge in [0.25, 0.3) is 12.3 Å². The normalized spacial score (nSPS) is 10.6. The molecular weight excluding hydrogens is 221 g/mol. The van der Waals surface area contributed by atoms with Crippen molar-refractivity contribution in [2.75, 3.05) is 0 Å². The molecule has 0 aliphatic rings. The van der Waals surface area contributed by atoms with E-state index in [0.717, 1.165) is 0 Å². The van der Waals surface area contributed by atoms with Crippen LogP contribution in [0.2, 0.25) is 5.15 Å². The lowest BCUT2D eigenvalue weighted by Gasteiger charge is -2.04. The van der Waals surface area contributed by atoms with E-state index in [2.05, 4.69) is 4.98 Å². The predicted molar refractivity (Wildman–Crippen MR) is 42.7 cm³/mol. The molecule has 0 aliphatic carbocycles. The lowest BCUT2D eigenvalue weighted by Crippen LogP contribution is -2.14. The number of nitrogens with two attached hydrogens (primary N) is 1. The van der Waals surface area contributed by atoms with Crippen molar-refractivity contribution in [3.63, 3.8) is 0 Å². The third-order valence-corrected chi connectivity index (χ3v) is 1.72. The molecule has 0 fully saturated rings. The molecule has 0 atom stereocenters. The summed E-state index contributed by atoms with van der Waals surface area (Å²) in [6.07, 6.45) is -3.09. The van der Waals surface area contributed by atoms with Gasteiger partial charge in [0.15, 0.2) is 0 Å². The smallest absolute Gasteiger partial charge is 0.269 e. The SMILES string of the molecule is NC(=O)c1cc(F)c(C(F)F)c(Cl)n1. The van der Waals surface area contributed by atoms with E-state index in [1.165, 1.54) is 0 Å². The first-order chi connectivity index (χ1) is 6.43. The number of primary amides is 1. The maximum Gasteiger partial charge on any atom is 0.269 e. The van der Waals surface area contributed by atoms with Crippen LogP contribution in [0.25, 0.3) is 0 Å². The van der Waals surface area contributed by atoms with Crippen LogP contribution in [0.3, 0.4) is 0 Å². The van der Waals surface area contributed by atoms with E-state index in [1.807, 2.05) is 0 Å². The maximum atomic E-state index is 12.9. The zero-order valence-electron chi connectivity index (χ0n) is 6.60. The molecule has 1 aromatic heterocycles. The molecule has 0 aromatic carbocycles. The summed E-state index contributed by atoms with van der Waals surface area (Å²) in [6, 6.07) is 0.524. The van der Waals surface area contributed by atoms with E-state index < -0.39 is 34.6 Å². The summed E-state index contributed by atoms with van der Waals surface area (Å²) in [4.78, 5) is 13.8. The zero-order chi connectivity index (χ0) is 10.9. The topological polar surface area (TPSA) is 56.0 Å². The summed E-state index contributed by atoms with van der Waals surface area (Å²) in [7, 11) is 0. The van der Waals surface area contributed by atoms with Gasteiger partial charge in [-0.1, -0.05) is 11.6 Å². The first-order valence-corrected chi connectivity index (χ1v) is 3.75. The summed E-state index contributed by atoms with van der Waals surface area (Å²) in [5.41, 5.74) is 3.24. The van der Waals surface area contributed by atoms with Crippen LogP contribution in [-0.2, 0) is 0 Å². The molecule has 0 bridgehead atoms. The van der Waals surface area contributed by atoms with Gasteiger partial charge in [0.2, 0.25) is 0 Å². The van der Waals surface area contributed by atoms with Crippen molar-refractivity contribution >= 4 is 17.5 Å².